The molecular formula is C119H133N14+7. The second-order valence-electron chi connectivity index (χ2n) is 37.1. The quantitative estimate of drug-likeness (QED) is 0.143. The first kappa shape index (κ1) is 93.1. The summed E-state index contributed by atoms with van der Waals surface area (Å²) in [6, 6.07) is 78.5. The van der Waals surface area contributed by atoms with Gasteiger partial charge in [0, 0.05) is 177 Å². The Labute approximate surface area is 786 Å². The molecule has 0 saturated carbocycles. The van der Waals surface area contributed by atoms with E-state index in [4.69, 9.17) is 0 Å². The monoisotopic (exact) mass is 1760 g/mol. The number of fused-ring (bicyclic) bond motifs is 7. The van der Waals surface area contributed by atoms with E-state index < -0.39 is 0 Å². The van der Waals surface area contributed by atoms with Gasteiger partial charge in [0.1, 0.15) is 64.9 Å². The van der Waals surface area contributed by atoms with E-state index in [-0.39, 0.29) is 0 Å². The molecule has 1 aromatic carbocycles. The van der Waals surface area contributed by atoms with Gasteiger partial charge < -0.3 is 26.4 Å². The Hall–Kier alpha value is -14.6. The summed E-state index contributed by atoms with van der Waals surface area (Å²) in [6.45, 7) is 45.6. The number of aromatic nitrogens is 14. The lowest BCUT2D eigenvalue weighted by Gasteiger charge is -2.11. The molecule has 14 nitrogen and oxygen atoms in total. The van der Waals surface area contributed by atoms with Crippen molar-refractivity contribution in [1.82, 2.24) is 30.9 Å². The van der Waals surface area contributed by atoms with Crippen molar-refractivity contribution >= 4 is 38.6 Å². The fourth-order valence-electron chi connectivity index (χ4n) is 19.5. The highest BCUT2D eigenvalue weighted by atomic mass is 15.3. The topological polar surface area (TPSA) is 58.0 Å². The molecule has 672 valence electrons. The van der Waals surface area contributed by atoms with Gasteiger partial charge in [-0.15, -0.1) is 9.20 Å². The van der Waals surface area contributed by atoms with Crippen LogP contribution in [0.3, 0.4) is 0 Å². The van der Waals surface area contributed by atoms with Gasteiger partial charge in [0.05, 0.1) is 22.3 Å². The van der Waals surface area contributed by atoms with Crippen LogP contribution < -0.4 is 32.1 Å². The van der Waals surface area contributed by atoms with Crippen LogP contribution in [0.2, 0.25) is 0 Å². The third-order valence-corrected chi connectivity index (χ3v) is 26.7. The number of hydrogen-bond acceptors (Lipinski definition) is 0. The molecule has 20 heterocycles. The lowest BCUT2D eigenvalue weighted by Crippen LogP contribution is -2.36. The molecule has 0 unspecified atom stereocenters. The maximum Gasteiger partial charge on any atom is 0.229 e. The van der Waals surface area contributed by atoms with Gasteiger partial charge in [-0.1, -0.05) is 23.8 Å². The lowest BCUT2D eigenvalue weighted by molar-refractivity contribution is -0.740. The highest BCUT2D eigenvalue weighted by Crippen LogP contribution is 2.36. The van der Waals surface area contributed by atoms with Crippen molar-refractivity contribution in [2.45, 2.75) is 145 Å². The van der Waals surface area contributed by atoms with E-state index in [0.29, 0.717) is 0 Å². The smallest absolute Gasteiger partial charge is 0.229 e. The SMILES string of the molecule is Cc1cc(C)c(C)c(-c2ccc3ccc[n+](C)n23)c1.Cc1cc[n+](C)c(-c2c(C)cc3cccn3c2C)c1.Cc1cc[n+](C)c(-c2c(C)cc3cccn3c2C)c1.Cc1cc[n+](C)c(-c2c(C)ccc3ccc(C)n23)c1.Cc1cc[n+](C)c(-c2c(C)ccc3ccc(C)n23)c1.Cc1cc[n+](C)c(-c2c(C)cn3cccc3c2C)c1.Cc1cc[n+](C)c(-c2c(C)cn3cccc3c2C)c1. The Balaban J connectivity index is 0.000000118. The molecule has 0 amide bonds. The lowest BCUT2D eigenvalue weighted by atomic mass is 9.98. The van der Waals surface area contributed by atoms with Crippen LogP contribution >= 0.6 is 0 Å². The molecule has 0 aliphatic rings. The van der Waals surface area contributed by atoms with Crippen molar-refractivity contribution in [3.8, 4) is 79.1 Å². The number of nitrogens with zero attached hydrogens (tertiary/aromatic N) is 14. The van der Waals surface area contributed by atoms with E-state index in [0.717, 1.165) is 0 Å². The molecule has 0 aliphatic carbocycles. The van der Waals surface area contributed by atoms with Gasteiger partial charge >= 0.3 is 0 Å². The number of pyridine rings is 12. The van der Waals surface area contributed by atoms with Crippen LogP contribution in [0.1, 0.15) is 117 Å². The molecule has 20 aromatic heterocycles. The number of rotatable bonds is 7. The first-order chi connectivity index (χ1) is 63.5. The average Bonchev–Trinajstić information content (AvgIpc) is 1.64. The van der Waals surface area contributed by atoms with Gasteiger partial charge in [-0.05, 0) is 356 Å². The molecule has 0 saturated heterocycles. The Morgan fingerprint density at radius 3 is 0.962 bits per heavy atom. The molecule has 0 aliphatic heterocycles. The summed E-state index contributed by atoms with van der Waals surface area (Å²) in [7, 11) is 14.7. The van der Waals surface area contributed by atoms with Crippen molar-refractivity contribution in [2.75, 3.05) is 0 Å². The Morgan fingerprint density at radius 2 is 0.571 bits per heavy atom. The molecule has 0 fully saturated rings. The summed E-state index contributed by atoms with van der Waals surface area (Å²) < 4.78 is 31.1. The van der Waals surface area contributed by atoms with Gasteiger partial charge in [0.25, 0.3) is 0 Å². The summed E-state index contributed by atoms with van der Waals surface area (Å²) in [6.07, 6.45) is 27.7. The second-order valence-corrected chi connectivity index (χ2v) is 37.1. The maximum absolute atomic E-state index is 2.34. The molecule has 0 atom stereocenters. The molecule has 21 rings (SSSR count). The number of benzene rings is 1. The zero-order chi connectivity index (χ0) is 95.0. The van der Waals surface area contributed by atoms with Crippen LogP contribution in [0, 0.1) is 145 Å². The molecule has 0 bridgehead atoms. The molecule has 21 aromatic rings. The van der Waals surface area contributed by atoms with Gasteiger partial charge in [0.15, 0.2) is 50.4 Å². The number of hydrogen-bond donors (Lipinski definition) is 0. The average molecular weight is 1760 g/mol. The van der Waals surface area contributed by atoms with Crippen molar-refractivity contribution in [3.05, 3.63) is 416 Å². The largest absolute Gasteiger partial charge is 0.323 e. The van der Waals surface area contributed by atoms with Crippen molar-refractivity contribution < 1.29 is 32.1 Å². The summed E-state index contributed by atoms with van der Waals surface area (Å²) in [4.78, 5) is 0. The normalized spacial score (nSPS) is 11.2. The van der Waals surface area contributed by atoms with E-state index in [9.17, 15) is 0 Å². The number of aryl methyl sites for hydroxylation is 27. The Bertz CT molecular complexity index is 7320. The van der Waals surface area contributed by atoms with Crippen LogP contribution in [-0.4, -0.2) is 30.9 Å². The van der Waals surface area contributed by atoms with Crippen LogP contribution in [0.4, 0.5) is 0 Å². The molecule has 14 heteroatoms. The van der Waals surface area contributed by atoms with Crippen molar-refractivity contribution in [1.29, 1.82) is 0 Å². The van der Waals surface area contributed by atoms with Crippen LogP contribution in [0.15, 0.2) is 299 Å². The fraction of sp³-hybridized carbons (Fsp3) is 0.235. The maximum atomic E-state index is 2.34. The minimum absolute atomic E-state index is 1.22. The van der Waals surface area contributed by atoms with E-state index in [2.05, 4.69) is 557 Å². The predicted octanol–water partition coefficient (Wildman–Crippen LogP) is 23.5. The zero-order valence-corrected chi connectivity index (χ0v) is 83.6. The second kappa shape index (κ2) is 38.8. The minimum atomic E-state index is 1.22. The molecule has 0 radical (unpaired) electrons. The van der Waals surface area contributed by atoms with E-state index >= 15 is 0 Å². The molecule has 0 N–H and O–H groups in total. The zero-order valence-electron chi connectivity index (χ0n) is 83.6. The third-order valence-electron chi connectivity index (χ3n) is 26.7. The summed E-state index contributed by atoms with van der Waals surface area (Å²) in [5, 5.41) is 0. The highest BCUT2D eigenvalue weighted by molar-refractivity contribution is 5.78. The van der Waals surface area contributed by atoms with Gasteiger partial charge in [-0.2, -0.15) is 9.13 Å². The fourth-order valence-corrected chi connectivity index (χ4v) is 19.5. The van der Waals surface area contributed by atoms with Crippen molar-refractivity contribution in [2.24, 2.45) is 49.3 Å². The summed E-state index contributed by atoms with van der Waals surface area (Å²) >= 11 is 0. The standard InChI is InChI=1S/7C17H19N2/c2*1-12-9-10-18(4)16(11-12)17-13(2)5-7-15-8-6-14(3)19(15)17;1-12-10-13(2)14(3)16(11-12)17-8-7-15-6-5-9-18(4)19(15)17;2*1-12-7-9-18(4)16(10-12)17-13(2)11-19-8-5-6-15(19)14(17)3;2*1-12-7-9-18(4)16(10-12)17-13(2)11-15-6-5-8-19(15)14(17)3/h7*5-11H,1-4H3/q7*+1. The van der Waals surface area contributed by atoms with Gasteiger partial charge in [0.2, 0.25) is 34.2 Å². The van der Waals surface area contributed by atoms with Gasteiger partial charge in [-0.25, -0.2) is 18.3 Å². The third kappa shape index (κ3) is 19.0. The first-order valence-corrected chi connectivity index (χ1v) is 46.3. The molecule has 133 heavy (non-hydrogen) atoms. The summed E-state index contributed by atoms with van der Waals surface area (Å²) in [5.74, 6) is 0. The first-order valence-electron chi connectivity index (χ1n) is 46.3. The summed E-state index contributed by atoms with van der Waals surface area (Å²) in [5.41, 5.74) is 54.3. The van der Waals surface area contributed by atoms with E-state index in [1.165, 1.54) is 235 Å². The Morgan fingerprint density at radius 1 is 0.233 bits per heavy atom. The minimum Gasteiger partial charge on any atom is -0.323 e. The highest BCUT2D eigenvalue weighted by Gasteiger charge is 2.26. The van der Waals surface area contributed by atoms with E-state index in [1.54, 1.807) is 0 Å². The van der Waals surface area contributed by atoms with Gasteiger partial charge in [-0.3, -0.25) is 0 Å². The van der Waals surface area contributed by atoms with Crippen LogP contribution in [0.25, 0.3) is 118 Å². The van der Waals surface area contributed by atoms with Crippen LogP contribution in [0.5, 0.6) is 0 Å². The Kier molecular flexibility index (Phi) is 27.2. The van der Waals surface area contributed by atoms with E-state index in [1.807, 2.05) is 0 Å². The molecular weight excluding hydrogens is 1630 g/mol. The van der Waals surface area contributed by atoms with Crippen LogP contribution in [-0.2, 0) is 49.3 Å². The molecule has 0 spiro atoms. The van der Waals surface area contributed by atoms with Crippen molar-refractivity contribution in [3.63, 3.8) is 0 Å². The predicted molar refractivity (Wildman–Crippen MR) is 548 cm³/mol.